The number of hydrogen-bond acceptors (Lipinski definition) is 0. The summed E-state index contributed by atoms with van der Waals surface area (Å²) in [5, 5.41) is 0. The van der Waals surface area contributed by atoms with Gasteiger partial charge in [0.05, 0.1) is 0 Å². The Labute approximate surface area is 125 Å². The van der Waals surface area contributed by atoms with Gasteiger partial charge in [0, 0.05) is 0 Å². The molecule has 0 amide bonds. The molecule has 2 saturated carbocycles. The lowest BCUT2D eigenvalue weighted by Gasteiger charge is -2.60. The van der Waals surface area contributed by atoms with Crippen molar-refractivity contribution in [1.29, 1.82) is 0 Å². The Hall–Kier alpha value is -0.520. The van der Waals surface area contributed by atoms with Crippen LogP contribution in [0.3, 0.4) is 0 Å². The van der Waals surface area contributed by atoms with Crippen LogP contribution in [0.2, 0.25) is 0 Å². The van der Waals surface area contributed by atoms with Gasteiger partial charge in [-0.05, 0) is 66.6 Å². The second-order valence-corrected chi connectivity index (χ2v) is 8.85. The van der Waals surface area contributed by atoms with Crippen molar-refractivity contribution < 1.29 is 0 Å². The highest BCUT2D eigenvalue weighted by Crippen LogP contribution is 2.64. The molecule has 0 aromatic heterocycles. The lowest BCUT2D eigenvalue weighted by molar-refractivity contribution is -0.0247. The van der Waals surface area contributed by atoms with Gasteiger partial charge >= 0.3 is 0 Å². The Morgan fingerprint density at radius 2 is 1.85 bits per heavy atom. The fraction of sp³-hybridized carbons (Fsp3) is 0.800. The molecule has 0 heterocycles. The van der Waals surface area contributed by atoms with Crippen LogP contribution < -0.4 is 0 Å². The van der Waals surface area contributed by atoms with E-state index in [0.29, 0.717) is 16.2 Å². The molecule has 0 heteroatoms. The zero-order valence-corrected chi connectivity index (χ0v) is 14.0. The van der Waals surface area contributed by atoms with E-state index in [4.69, 9.17) is 0 Å². The van der Waals surface area contributed by atoms with E-state index in [0.717, 1.165) is 11.8 Å². The average molecular weight is 272 g/mol. The third-order valence-electron chi connectivity index (χ3n) is 7.32. The Kier molecular flexibility index (Phi) is 3.23. The van der Waals surface area contributed by atoms with Gasteiger partial charge in [0.1, 0.15) is 0 Å². The highest BCUT2D eigenvalue weighted by molar-refractivity contribution is 5.29. The van der Waals surface area contributed by atoms with Gasteiger partial charge in [0.25, 0.3) is 0 Å². The molecule has 2 fully saturated rings. The van der Waals surface area contributed by atoms with E-state index in [1.54, 1.807) is 0 Å². The molecule has 0 unspecified atom stereocenters. The Bertz CT molecular complexity index is 441. The molecule has 112 valence electrons. The van der Waals surface area contributed by atoms with E-state index in [1.165, 1.54) is 44.9 Å². The highest BCUT2D eigenvalue weighted by atomic mass is 14.6. The molecule has 0 saturated heterocycles. The van der Waals surface area contributed by atoms with E-state index in [-0.39, 0.29) is 0 Å². The van der Waals surface area contributed by atoms with Crippen molar-refractivity contribution in [3.63, 3.8) is 0 Å². The zero-order chi connectivity index (χ0) is 14.6. The fourth-order valence-electron chi connectivity index (χ4n) is 6.08. The quantitative estimate of drug-likeness (QED) is 0.503. The maximum Gasteiger partial charge on any atom is -0.00800 e. The van der Waals surface area contributed by atoms with Gasteiger partial charge < -0.3 is 0 Å². The van der Waals surface area contributed by atoms with E-state index in [1.807, 2.05) is 5.57 Å². The van der Waals surface area contributed by atoms with Gasteiger partial charge in [-0.2, -0.15) is 0 Å². The van der Waals surface area contributed by atoms with E-state index < -0.39 is 0 Å². The number of rotatable bonds is 1. The molecule has 3 aliphatic carbocycles. The summed E-state index contributed by atoms with van der Waals surface area (Å²) in [4.78, 5) is 0. The molecule has 0 N–H and O–H groups in total. The lowest BCUT2D eigenvalue weighted by Crippen LogP contribution is -2.50. The summed E-state index contributed by atoms with van der Waals surface area (Å²) in [7, 11) is 0. The minimum atomic E-state index is 0.347. The van der Waals surface area contributed by atoms with Gasteiger partial charge in [-0.1, -0.05) is 51.8 Å². The molecule has 0 aliphatic heterocycles. The summed E-state index contributed by atoms with van der Waals surface area (Å²) >= 11 is 0. The minimum Gasteiger partial charge on any atom is -0.103 e. The second-order valence-electron chi connectivity index (χ2n) is 8.85. The SMILES string of the molecule is C=C[C@@]1(C)CCC=C2[C@H]1CC[C@@H]1C(C)(C)CCC[C@@]21C. The van der Waals surface area contributed by atoms with E-state index in [9.17, 15) is 0 Å². The average Bonchev–Trinajstić information content (AvgIpc) is 2.39. The van der Waals surface area contributed by atoms with Gasteiger partial charge in [0.2, 0.25) is 0 Å². The summed E-state index contributed by atoms with van der Waals surface area (Å²) in [6.07, 6.45) is 14.5. The predicted octanol–water partition coefficient (Wildman–Crippen LogP) is 6.14. The first kappa shape index (κ1) is 14.4. The van der Waals surface area contributed by atoms with Crippen LogP contribution in [0.15, 0.2) is 24.3 Å². The second kappa shape index (κ2) is 4.49. The van der Waals surface area contributed by atoms with Crippen LogP contribution in [0.1, 0.15) is 72.6 Å². The third kappa shape index (κ3) is 1.86. The first-order valence-electron chi connectivity index (χ1n) is 8.68. The first-order valence-corrected chi connectivity index (χ1v) is 8.68. The smallest absolute Gasteiger partial charge is 0.00800 e. The molecule has 0 aromatic rings. The van der Waals surface area contributed by atoms with Gasteiger partial charge in [-0.3, -0.25) is 0 Å². The largest absolute Gasteiger partial charge is 0.103 e. The number of hydrogen-bond donors (Lipinski definition) is 0. The molecule has 20 heavy (non-hydrogen) atoms. The molecular weight excluding hydrogens is 240 g/mol. The van der Waals surface area contributed by atoms with Crippen LogP contribution in [-0.2, 0) is 0 Å². The molecule has 0 aromatic carbocycles. The predicted molar refractivity (Wildman–Crippen MR) is 87.6 cm³/mol. The summed E-state index contributed by atoms with van der Waals surface area (Å²) in [6.45, 7) is 14.3. The van der Waals surface area contributed by atoms with Crippen molar-refractivity contribution in [1.82, 2.24) is 0 Å². The van der Waals surface area contributed by atoms with Crippen LogP contribution in [-0.4, -0.2) is 0 Å². The molecule has 0 spiro atoms. The highest BCUT2D eigenvalue weighted by Gasteiger charge is 2.55. The summed E-state index contributed by atoms with van der Waals surface area (Å²) < 4.78 is 0. The monoisotopic (exact) mass is 272 g/mol. The van der Waals surface area contributed by atoms with Crippen LogP contribution in [0, 0.1) is 28.1 Å². The van der Waals surface area contributed by atoms with E-state index in [2.05, 4.69) is 46.4 Å². The van der Waals surface area contributed by atoms with E-state index >= 15 is 0 Å². The Morgan fingerprint density at radius 1 is 1.10 bits per heavy atom. The van der Waals surface area contributed by atoms with Crippen molar-refractivity contribution in [2.45, 2.75) is 72.6 Å². The molecule has 3 rings (SSSR count). The van der Waals surface area contributed by atoms with Crippen molar-refractivity contribution in [3.05, 3.63) is 24.3 Å². The molecule has 3 aliphatic rings. The summed E-state index contributed by atoms with van der Waals surface area (Å²) in [5.41, 5.74) is 3.16. The van der Waals surface area contributed by atoms with Crippen LogP contribution in [0.4, 0.5) is 0 Å². The van der Waals surface area contributed by atoms with Gasteiger partial charge in [-0.25, -0.2) is 0 Å². The van der Waals surface area contributed by atoms with Crippen molar-refractivity contribution in [2.75, 3.05) is 0 Å². The summed E-state index contributed by atoms with van der Waals surface area (Å²) in [5.74, 6) is 1.65. The molecule has 0 nitrogen and oxygen atoms in total. The molecule has 0 radical (unpaired) electrons. The van der Waals surface area contributed by atoms with Crippen molar-refractivity contribution >= 4 is 0 Å². The Morgan fingerprint density at radius 3 is 2.55 bits per heavy atom. The topological polar surface area (TPSA) is 0 Å². The summed E-state index contributed by atoms with van der Waals surface area (Å²) in [6, 6.07) is 0. The normalized spacial score (nSPS) is 46.9. The number of fused-ring (bicyclic) bond motifs is 3. The fourth-order valence-corrected chi connectivity index (χ4v) is 6.08. The molecular formula is C20H32. The lowest BCUT2D eigenvalue weighted by atomic mass is 9.45. The zero-order valence-electron chi connectivity index (χ0n) is 14.0. The van der Waals surface area contributed by atoms with Crippen LogP contribution in [0.25, 0.3) is 0 Å². The van der Waals surface area contributed by atoms with Crippen molar-refractivity contribution in [2.24, 2.45) is 28.1 Å². The first-order chi connectivity index (χ1) is 9.33. The van der Waals surface area contributed by atoms with Gasteiger partial charge in [0.15, 0.2) is 0 Å². The maximum absolute atomic E-state index is 4.18. The molecule has 4 atom stereocenters. The standard InChI is InChI=1S/C20H32/c1-6-19(4)13-7-9-16-15(19)10-11-17-18(2,3)12-8-14-20(16,17)5/h6,9,15,17H,1,7-8,10-14H2,2-5H3/t15-,17-,19+,20+/m1/s1. The maximum atomic E-state index is 4.18. The Balaban J connectivity index is 2.02. The number of allylic oxidation sites excluding steroid dienone is 3. The van der Waals surface area contributed by atoms with Crippen molar-refractivity contribution in [3.8, 4) is 0 Å². The van der Waals surface area contributed by atoms with Crippen LogP contribution >= 0.6 is 0 Å². The van der Waals surface area contributed by atoms with Gasteiger partial charge in [-0.15, -0.1) is 6.58 Å². The minimum absolute atomic E-state index is 0.347. The molecule has 0 bridgehead atoms. The third-order valence-corrected chi connectivity index (χ3v) is 7.32. The van der Waals surface area contributed by atoms with Crippen LogP contribution in [0.5, 0.6) is 0 Å².